The molecule has 1 unspecified atom stereocenters. The second-order valence-corrected chi connectivity index (χ2v) is 7.15. The molecule has 2 aromatic rings. The van der Waals surface area contributed by atoms with Crippen molar-refractivity contribution in [3.05, 3.63) is 75.5 Å². The van der Waals surface area contributed by atoms with E-state index < -0.39 is 4.92 Å². The fraction of sp³-hybridized carbons (Fsp3) is 0.273. The fourth-order valence-electron chi connectivity index (χ4n) is 4.22. The van der Waals surface area contributed by atoms with E-state index in [0.29, 0.717) is 36.3 Å². The molecule has 0 radical (unpaired) electrons. The maximum atomic E-state index is 13.2. The van der Waals surface area contributed by atoms with Gasteiger partial charge in [0.1, 0.15) is 11.4 Å². The lowest BCUT2D eigenvalue weighted by atomic mass is 9.77. The highest BCUT2D eigenvalue weighted by molar-refractivity contribution is 6.08. The Morgan fingerprint density at radius 1 is 1.10 bits per heavy atom. The van der Waals surface area contributed by atoms with Gasteiger partial charge in [-0.05, 0) is 36.6 Å². The van der Waals surface area contributed by atoms with Gasteiger partial charge in [-0.15, -0.1) is 0 Å². The quantitative estimate of drug-likeness (QED) is 0.576. The van der Waals surface area contributed by atoms with Crippen LogP contribution in [0.2, 0.25) is 0 Å². The SMILES string of the molecule is COc1cccc(C2CC(=O)N(c3ccccc3[N+](=O)[O-])C3=C2C(=O)CCC3)c1. The zero-order chi connectivity index (χ0) is 20.5. The molecule has 7 nitrogen and oxygen atoms in total. The van der Waals surface area contributed by atoms with Crippen molar-refractivity contribution in [2.75, 3.05) is 12.0 Å². The van der Waals surface area contributed by atoms with Gasteiger partial charge in [-0.3, -0.25) is 24.6 Å². The maximum absolute atomic E-state index is 13.2. The molecule has 7 heteroatoms. The molecule has 1 aliphatic heterocycles. The molecule has 148 valence electrons. The van der Waals surface area contributed by atoms with E-state index in [1.54, 1.807) is 25.3 Å². The van der Waals surface area contributed by atoms with Crippen LogP contribution >= 0.6 is 0 Å². The van der Waals surface area contributed by atoms with Gasteiger partial charge in [-0.2, -0.15) is 0 Å². The van der Waals surface area contributed by atoms with Crippen LogP contribution in [0.4, 0.5) is 11.4 Å². The molecule has 29 heavy (non-hydrogen) atoms. The van der Waals surface area contributed by atoms with Gasteiger partial charge < -0.3 is 4.74 Å². The third-order valence-electron chi connectivity index (χ3n) is 5.49. The highest BCUT2D eigenvalue weighted by atomic mass is 16.6. The molecule has 0 saturated carbocycles. The number of rotatable bonds is 4. The summed E-state index contributed by atoms with van der Waals surface area (Å²) in [5.41, 5.74) is 2.07. The first-order chi connectivity index (χ1) is 14.0. The first-order valence-corrected chi connectivity index (χ1v) is 9.48. The number of carbonyl (C=O) groups excluding carboxylic acids is 2. The molecule has 0 saturated heterocycles. The molecule has 2 aliphatic rings. The third-order valence-corrected chi connectivity index (χ3v) is 5.49. The number of para-hydroxylation sites is 2. The zero-order valence-corrected chi connectivity index (χ0v) is 16.0. The average molecular weight is 392 g/mol. The molecule has 1 heterocycles. The first-order valence-electron chi connectivity index (χ1n) is 9.48. The van der Waals surface area contributed by atoms with Gasteiger partial charge in [0.2, 0.25) is 5.91 Å². The van der Waals surface area contributed by atoms with E-state index >= 15 is 0 Å². The minimum Gasteiger partial charge on any atom is -0.497 e. The Morgan fingerprint density at radius 3 is 2.66 bits per heavy atom. The molecule has 1 aliphatic carbocycles. The number of hydrogen-bond donors (Lipinski definition) is 0. The monoisotopic (exact) mass is 392 g/mol. The van der Waals surface area contributed by atoms with Crippen molar-refractivity contribution in [2.45, 2.75) is 31.6 Å². The van der Waals surface area contributed by atoms with Gasteiger partial charge in [0.25, 0.3) is 5.69 Å². The number of Topliss-reactive ketones (excluding diaryl/α,β-unsaturated/α-hetero) is 1. The Hall–Kier alpha value is -3.48. The van der Waals surface area contributed by atoms with Crippen molar-refractivity contribution in [2.24, 2.45) is 0 Å². The smallest absolute Gasteiger partial charge is 0.293 e. The molecular formula is C22H20N2O5. The minimum atomic E-state index is -0.498. The van der Waals surface area contributed by atoms with E-state index in [0.717, 1.165) is 5.56 Å². The van der Waals surface area contributed by atoms with Crippen LogP contribution in [0.25, 0.3) is 0 Å². The molecule has 0 spiro atoms. The summed E-state index contributed by atoms with van der Waals surface area (Å²) >= 11 is 0. The first kappa shape index (κ1) is 18.9. The lowest BCUT2D eigenvalue weighted by Gasteiger charge is -2.38. The Balaban J connectivity index is 1.89. The Labute approximate surface area is 167 Å². The van der Waals surface area contributed by atoms with Gasteiger partial charge >= 0.3 is 0 Å². The number of nitrogens with zero attached hydrogens (tertiary/aromatic N) is 2. The number of carbonyl (C=O) groups is 2. The largest absolute Gasteiger partial charge is 0.497 e. The second-order valence-electron chi connectivity index (χ2n) is 7.15. The summed E-state index contributed by atoms with van der Waals surface area (Å²) in [5, 5.41) is 11.5. The fourth-order valence-corrected chi connectivity index (χ4v) is 4.22. The van der Waals surface area contributed by atoms with Crippen LogP contribution < -0.4 is 9.64 Å². The lowest BCUT2D eigenvalue weighted by Crippen LogP contribution is -2.40. The molecule has 0 aromatic heterocycles. The summed E-state index contributed by atoms with van der Waals surface area (Å²) in [7, 11) is 1.57. The molecular weight excluding hydrogens is 372 g/mol. The van der Waals surface area contributed by atoms with Crippen LogP contribution in [-0.4, -0.2) is 23.7 Å². The topological polar surface area (TPSA) is 89.8 Å². The number of amides is 1. The number of hydrogen-bond acceptors (Lipinski definition) is 5. The zero-order valence-electron chi connectivity index (χ0n) is 16.0. The van der Waals surface area contributed by atoms with Crippen LogP contribution in [0.3, 0.4) is 0 Å². The molecule has 2 aromatic carbocycles. The number of nitro benzene ring substituents is 1. The summed E-state index contributed by atoms with van der Waals surface area (Å²) in [5.74, 6) is 0.0247. The molecule has 4 rings (SSSR count). The third kappa shape index (κ3) is 3.29. The van der Waals surface area contributed by atoms with Crippen molar-refractivity contribution in [1.29, 1.82) is 0 Å². The van der Waals surface area contributed by atoms with E-state index in [-0.39, 0.29) is 35.4 Å². The van der Waals surface area contributed by atoms with Crippen molar-refractivity contribution in [1.82, 2.24) is 0 Å². The molecule has 0 N–H and O–H groups in total. The Morgan fingerprint density at radius 2 is 1.90 bits per heavy atom. The van der Waals surface area contributed by atoms with Gasteiger partial charge in [0.15, 0.2) is 5.78 Å². The van der Waals surface area contributed by atoms with E-state index in [4.69, 9.17) is 4.74 Å². The molecule has 0 bridgehead atoms. The van der Waals surface area contributed by atoms with Crippen molar-refractivity contribution >= 4 is 23.1 Å². The maximum Gasteiger partial charge on any atom is 0.293 e. The summed E-state index contributed by atoms with van der Waals surface area (Å²) in [6.45, 7) is 0. The number of ketones is 1. The summed E-state index contributed by atoms with van der Waals surface area (Å²) in [4.78, 5) is 38.5. The van der Waals surface area contributed by atoms with Crippen molar-refractivity contribution in [3.63, 3.8) is 0 Å². The number of allylic oxidation sites excluding steroid dienone is 2. The van der Waals surface area contributed by atoms with Gasteiger partial charge in [0, 0.05) is 36.1 Å². The summed E-state index contributed by atoms with van der Waals surface area (Å²) in [6, 6.07) is 13.5. The van der Waals surface area contributed by atoms with Crippen LogP contribution in [0.1, 0.15) is 37.2 Å². The number of nitro groups is 1. The number of anilines is 1. The van der Waals surface area contributed by atoms with E-state index in [1.165, 1.54) is 11.0 Å². The van der Waals surface area contributed by atoms with Gasteiger partial charge in [0.05, 0.1) is 12.0 Å². The Bertz CT molecular complexity index is 1040. The minimum absolute atomic E-state index is 0.00449. The number of methoxy groups -OCH3 is 1. The lowest BCUT2D eigenvalue weighted by molar-refractivity contribution is -0.384. The van der Waals surface area contributed by atoms with E-state index in [2.05, 4.69) is 0 Å². The van der Waals surface area contributed by atoms with Gasteiger partial charge in [-0.25, -0.2) is 0 Å². The molecule has 1 amide bonds. The second kappa shape index (κ2) is 7.50. The summed E-state index contributed by atoms with van der Waals surface area (Å²) in [6.07, 6.45) is 1.63. The average Bonchev–Trinajstić information content (AvgIpc) is 2.73. The number of benzene rings is 2. The van der Waals surface area contributed by atoms with Crippen LogP contribution in [-0.2, 0) is 9.59 Å². The van der Waals surface area contributed by atoms with Gasteiger partial charge in [-0.1, -0.05) is 24.3 Å². The van der Waals surface area contributed by atoms with Crippen molar-refractivity contribution in [3.8, 4) is 5.75 Å². The number of ether oxygens (including phenoxy) is 1. The van der Waals surface area contributed by atoms with E-state index in [1.807, 2.05) is 24.3 Å². The van der Waals surface area contributed by atoms with Crippen LogP contribution in [0, 0.1) is 10.1 Å². The van der Waals surface area contributed by atoms with E-state index in [9.17, 15) is 19.7 Å². The summed E-state index contributed by atoms with van der Waals surface area (Å²) < 4.78 is 5.30. The normalized spacial score (nSPS) is 19.2. The highest BCUT2D eigenvalue weighted by Gasteiger charge is 2.41. The standard InChI is InChI=1S/C22H20N2O5/c1-29-15-7-4-6-14(12-15)16-13-21(26)23(19-10-5-11-20(25)22(16)19)17-8-2-3-9-18(17)24(27)28/h2-4,6-9,12,16H,5,10-11,13H2,1H3. The molecule has 1 atom stereocenters. The van der Waals surface area contributed by atoms with Crippen molar-refractivity contribution < 1.29 is 19.2 Å². The predicted molar refractivity (Wildman–Crippen MR) is 107 cm³/mol. The predicted octanol–water partition coefficient (Wildman–Crippen LogP) is 4.13. The molecule has 0 fully saturated rings. The van der Waals surface area contributed by atoms with Crippen LogP contribution in [0.5, 0.6) is 5.75 Å². The van der Waals surface area contributed by atoms with Crippen LogP contribution in [0.15, 0.2) is 59.8 Å². The Kier molecular flexibility index (Phi) is 4.88. The highest BCUT2D eigenvalue weighted by Crippen LogP contribution is 2.45.